The van der Waals surface area contributed by atoms with E-state index in [0.717, 1.165) is 43.7 Å². The predicted molar refractivity (Wildman–Crippen MR) is 104 cm³/mol. The molecular weight excluding hydrogens is 324 g/mol. The van der Waals surface area contributed by atoms with Crippen LogP contribution in [0.5, 0.6) is 5.75 Å². The van der Waals surface area contributed by atoms with Gasteiger partial charge in [-0.3, -0.25) is 4.79 Å². The van der Waals surface area contributed by atoms with Gasteiger partial charge in [0.1, 0.15) is 5.75 Å². The molecule has 4 heteroatoms. The number of rotatable bonds is 7. The summed E-state index contributed by atoms with van der Waals surface area (Å²) in [5.41, 5.74) is 2.51. The van der Waals surface area contributed by atoms with Crippen LogP contribution in [0.2, 0.25) is 0 Å². The van der Waals surface area contributed by atoms with Crippen molar-refractivity contribution in [2.75, 3.05) is 26.2 Å². The highest BCUT2D eigenvalue weighted by Crippen LogP contribution is 2.26. The first-order chi connectivity index (χ1) is 12.6. The molecule has 0 aromatic heterocycles. The van der Waals surface area contributed by atoms with Crippen molar-refractivity contribution < 1.29 is 9.53 Å². The minimum absolute atomic E-state index is 0.0557. The summed E-state index contributed by atoms with van der Waals surface area (Å²) < 4.78 is 5.82. The van der Waals surface area contributed by atoms with Crippen molar-refractivity contribution in [3.8, 4) is 5.75 Å². The van der Waals surface area contributed by atoms with E-state index in [1.54, 1.807) is 0 Å². The van der Waals surface area contributed by atoms with Crippen molar-refractivity contribution in [1.82, 2.24) is 10.6 Å². The molecule has 3 rings (SSSR count). The van der Waals surface area contributed by atoms with Gasteiger partial charge in [-0.1, -0.05) is 55.5 Å². The van der Waals surface area contributed by atoms with Gasteiger partial charge in [-0.2, -0.15) is 0 Å². The number of ether oxygens (including phenoxy) is 1. The first-order valence-electron chi connectivity index (χ1n) is 9.37. The van der Waals surface area contributed by atoms with E-state index in [2.05, 4.69) is 35.8 Å². The third-order valence-electron chi connectivity index (χ3n) is 5.09. The van der Waals surface area contributed by atoms with E-state index < -0.39 is 0 Å². The molecule has 1 fully saturated rings. The molecule has 0 bridgehead atoms. The van der Waals surface area contributed by atoms with Gasteiger partial charge in [0.15, 0.2) is 6.61 Å². The van der Waals surface area contributed by atoms with Crippen molar-refractivity contribution in [1.29, 1.82) is 0 Å². The average molecular weight is 352 g/mol. The summed E-state index contributed by atoms with van der Waals surface area (Å²) >= 11 is 0. The molecule has 2 aromatic carbocycles. The number of para-hydroxylation sites is 1. The summed E-state index contributed by atoms with van der Waals surface area (Å²) in [6, 6.07) is 18.2. The quantitative estimate of drug-likeness (QED) is 0.805. The summed E-state index contributed by atoms with van der Waals surface area (Å²) in [7, 11) is 0. The molecule has 1 aliphatic rings. The Bertz CT molecular complexity index is 709. The summed E-state index contributed by atoms with van der Waals surface area (Å²) in [4.78, 5) is 12.2. The molecule has 138 valence electrons. The van der Waals surface area contributed by atoms with Crippen LogP contribution in [0.25, 0.3) is 0 Å². The van der Waals surface area contributed by atoms with Crippen LogP contribution in [-0.4, -0.2) is 32.1 Å². The zero-order chi connectivity index (χ0) is 18.2. The van der Waals surface area contributed by atoms with Gasteiger partial charge in [0, 0.05) is 13.0 Å². The minimum atomic E-state index is -0.0562. The molecule has 2 N–H and O–H groups in total. The van der Waals surface area contributed by atoms with Crippen LogP contribution in [0.1, 0.15) is 30.9 Å². The molecule has 1 amide bonds. The summed E-state index contributed by atoms with van der Waals surface area (Å²) in [5, 5.41) is 6.40. The van der Waals surface area contributed by atoms with Gasteiger partial charge >= 0.3 is 0 Å². The van der Waals surface area contributed by atoms with Gasteiger partial charge in [-0.05, 0) is 48.5 Å². The molecule has 0 atom stereocenters. The van der Waals surface area contributed by atoms with Gasteiger partial charge in [0.2, 0.25) is 0 Å². The van der Waals surface area contributed by atoms with Crippen molar-refractivity contribution >= 4 is 5.91 Å². The summed E-state index contributed by atoms with van der Waals surface area (Å²) in [6.07, 6.45) is 2.98. The Hall–Kier alpha value is -2.33. The number of nitrogens with one attached hydrogen (secondary N) is 2. The lowest BCUT2D eigenvalue weighted by atomic mass is 9.81. The van der Waals surface area contributed by atoms with E-state index in [4.69, 9.17) is 4.74 Å². The molecule has 0 radical (unpaired) electrons. The maximum Gasteiger partial charge on any atom is 0.257 e. The van der Waals surface area contributed by atoms with E-state index in [-0.39, 0.29) is 17.9 Å². The van der Waals surface area contributed by atoms with Crippen LogP contribution >= 0.6 is 0 Å². The molecule has 0 unspecified atom stereocenters. The molecule has 1 aliphatic heterocycles. The van der Waals surface area contributed by atoms with Gasteiger partial charge in [-0.25, -0.2) is 0 Å². The Morgan fingerprint density at radius 2 is 1.77 bits per heavy atom. The highest BCUT2D eigenvalue weighted by Gasteiger charge is 2.27. The SMILES string of the molecule is CC1(CNC(=O)COc2ccccc2Cc2ccccc2)CCNCC1. The van der Waals surface area contributed by atoms with Crippen molar-refractivity contribution in [2.45, 2.75) is 26.2 Å². The Balaban J connectivity index is 1.52. The smallest absolute Gasteiger partial charge is 0.257 e. The van der Waals surface area contributed by atoms with E-state index >= 15 is 0 Å². The lowest BCUT2D eigenvalue weighted by molar-refractivity contribution is -0.123. The Morgan fingerprint density at radius 3 is 2.54 bits per heavy atom. The second kappa shape index (κ2) is 8.86. The molecule has 0 spiro atoms. The van der Waals surface area contributed by atoms with Crippen molar-refractivity contribution in [2.24, 2.45) is 5.41 Å². The first kappa shape index (κ1) is 18.5. The fourth-order valence-corrected chi connectivity index (χ4v) is 3.32. The second-order valence-corrected chi connectivity index (χ2v) is 7.40. The highest BCUT2D eigenvalue weighted by molar-refractivity contribution is 5.77. The maximum absolute atomic E-state index is 12.2. The number of carbonyl (C=O) groups excluding carboxylic acids is 1. The Labute approximate surface area is 156 Å². The third-order valence-corrected chi connectivity index (χ3v) is 5.09. The molecule has 1 heterocycles. The number of amides is 1. The average Bonchev–Trinajstić information content (AvgIpc) is 2.67. The van der Waals surface area contributed by atoms with E-state index in [0.29, 0.717) is 6.54 Å². The van der Waals surface area contributed by atoms with Gasteiger partial charge in [0.05, 0.1) is 0 Å². The second-order valence-electron chi connectivity index (χ2n) is 7.40. The Kier molecular flexibility index (Phi) is 6.29. The largest absolute Gasteiger partial charge is 0.483 e. The first-order valence-corrected chi connectivity index (χ1v) is 9.37. The van der Waals surface area contributed by atoms with Crippen LogP contribution in [-0.2, 0) is 11.2 Å². The lowest BCUT2D eigenvalue weighted by Crippen LogP contribution is -2.43. The Morgan fingerprint density at radius 1 is 1.08 bits per heavy atom. The van der Waals surface area contributed by atoms with E-state index in [1.165, 1.54) is 5.56 Å². The van der Waals surface area contributed by atoms with E-state index in [9.17, 15) is 4.79 Å². The van der Waals surface area contributed by atoms with Crippen LogP contribution < -0.4 is 15.4 Å². The van der Waals surface area contributed by atoms with Crippen LogP contribution in [0.15, 0.2) is 54.6 Å². The number of carbonyl (C=O) groups is 1. The fraction of sp³-hybridized carbons (Fsp3) is 0.409. The van der Waals surface area contributed by atoms with Crippen LogP contribution in [0.3, 0.4) is 0 Å². The monoisotopic (exact) mass is 352 g/mol. The molecular formula is C22H28N2O2. The van der Waals surface area contributed by atoms with Crippen molar-refractivity contribution in [3.63, 3.8) is 0 Å². The van der Waals surface area contributed by atoms with Crippen LogP contribution in [0, 0.1) is 5.41 Å². The van der Waals surface area contributed by atoms with Crippen LogP contribution in [0.4, 0.5) is 0 Å². The minimum Gasteiger partial charge on any atom is -0.483 e. The maximum atomic E-state index is 12.2. The zero-order valence-electron chi connectivity index (χ0n) is 15.5. The normalized spacial score (nSPS) is 16.0. The number of benzene rings is 2. The van der Waals surface area contributed by atoms with Gasteiger partial charge in [-0.15, -0.1) is 0 Å². The summed E-state index contributed by atoms with van der Waals surface area (Å²) in [5.74, 6) is 0.721. The molecule has 2 aromatic rings. The van der Waals surface area contributed by atoms with Gasteiger partial charge in [0.25, 0.3) is 5.91 Å². The third kappa shape index (κ3) is 5.33. The standard InChI is InChI=1S/C22H28N2O2/c1-22(11-13-23-14-12-22)17-24-21(25)16-26-20-10-6-5-9-19(20)15-18-7-3-2-4-8-18/h2-10,23H,11-17H2,1H3,(H,24,25). The van der Waals surface area contributed by atoms with E-state index in [1.807, 2.05) is 36.4 Å². The topological polar surface area (TPSA) is 50.4 Å². The summed E-state index contributed by atoms with van der Waals surface area (Å²) in [6.45, 7) is 5.05. The molecule has 26 heavy (non-hydrogen) atoms. The predicted octanol–water partition coefficient (Wildman–Crippen LogP) is 3.16. The zero-order valence-corrected chi connectivity index (χ0v) is 15.5. The fourth-order valence-electron chi connectivity index (χ4n) is 3.32. The lowest BCUT2D eigenvalue weighted by Gasteiger charge is -2.34. The molecule has 1 saturated heterocycles. The highest BCUT2D eigenvalue weighted by atomic mass is 16.5. The van der Waals surface area contributed by atoms with Gasteiger partial charge < -0.3 is 15.4 Å². The molecule has 0 saturated carbocycles. The number of hydrogen-bond donors (Lipinski definition) is 2. The number of hydrogen-bond acceptors (Lipinski definition) is 3. The molecule has 4 nitrogen and oxygen atoms in total. The van der Waals surface area contributed by atoms with Crippen molar-refractivity contribution in [3.05, 3.63) is 65.7 Å². The molecule has 0 aliphatic carbocycles. The number of piperidine rings is 1.